The molecule has 0 amide bonds. The molecule has 1 aromatic rings. The van der Waals surface area contributed by atoms with Crippen LogP contribution in [0.1, 0.15) is 5.56 Å². The smallest absolute Gasteiger partial charge is 0.0455 e. The summed E-state index contributed by atoms with van der Waals surface area (Å²) in [5.41, 5.74) is 2.24. The summed E-state index contributed by atoms with van der Waals surface area (Å²) in [6, 6.07) is 5.93. The fourth-order valence-corrected chi connectivity index (χ4v) is 1.69. The van der Waals surface area contributed by atoms with Crippen molar-refractivity contribution in [2.24, 2.45) is 0 Å². The highest BCUT2D eigenvalue weighted by molar-refractivity contribution is 6.31. The van der Waals surface area contributed by atoms with E-state index in [1.165, 1.54) is 0 Å². The Hall–Kier alpha value is -1.21. The minimum absolute atomic E-state index is 0.797. The van der Waals surface area contributed by atoms with Gasteiger partial charge in [0.05, 0.1) is 0 Å². The average molecular weight is 222 g/mol. The first-order valence-electron chi connectivity index (χ1n) is 4.92. The molecule has 15 heavy (non-hydrogen) atoms. The van der Waals surface area contributed by atoms with Crippen LogP contribution in [-0.4, -0.2) is 13.1 Å². The molecule has 1 aromatic carbocycles. The first-order valence-corrected chi connectivity index (χ1v) is 5.30. The Bertz CT molecular complexity index is 348. The van der Waals surface area contributed by atoms with Crippen LogP contribution >= 0.6 is 11.6 Å². The maximum atomic E-state index is 6.08. The van der Waals surface area contributed by atoms with Crippen molar-refractivity contribution in [2.45, 2.75) is 6.92 Å². The van der Waals surface area contributed by atoms with E-state index < -0.39 is 0 Å². The third-order valence-corrected chi connectivity index (χ3v) is 2.69. The third-order valence-electron chi connectivity index (χ3n) is 2.28. The summed E-state index contributed by atoms with van der Waals surface area (Å²) in [6.45, 7) is 11.1. The second kappa shape index (κ2) is 5.62. The quantitative estimate of drug-likeness (QED) is 0.684. The van der Waals surface area contributed by atoms with Crippen molar-refractivity contribution in [3.05, 3.63) is 54.1 Å². The van der Waals surface area contributed by atoms with E-state index in [9.17, 15) is 0 Å². The molecule has 0 saturated heterocycles. The molecule has 1 rings (SSSR count). The molecule has 2 heteroatoms. The number of benzene rings is 1. The summed E-state index contributed by atoms with van der Waals surface area (Å²) in [6.07, 6.45) is 3.76. The maximum Gasteiger partial charge on any atom is 0.0455 e. The zero-order valence-corrected chi connectivity index (χ0v) is 9.80. The zero-order valence-electron chi connectivity index (χ0n) is 9.04. The SMILES string of the molecule is C=CCN(CC=C)c1cccc(Cl)c1C. The Labute approximate surface area is 96.7 Å². The van der Waals surface area contributed by atoms with Gasteiger partial charge >= 0.3 is 0 Å². The molecule has 0 heterocycles. The molecule has 0 radical (unpaired) electrons. The van der Waals surface area contributed by atoms with Crippen LogP contribution in [0, 0.1) is 6.92 Å². The van der Waals surface area contributed by atoms with Crippen LogP contribution in [-0.2, 0) is 0 Å². The van der Waals surface area contributed by atoms with Gasteiger partial charge in [0.1, 0.15) is 0 Å². The van der Waals surface area contributed by atoms with Crippen molar-refractivity contribution in [3.8, 4) is 0 Å². The second-order valence-corrected chi connectivity index (χ2v) is 3.77. The fraction of sp³-hybridized carbons (Fsp3) is 0.231. The fourth-order valence-electron chi connectivity index (χ4n) is 1.52. The van der Waals surface area contributed by atoms with E-state index in [4.69, 9.17) is 11.6 Å². The Balaban J connectivity index is 3.04. The number of rotatable bonds is 5. The third kappa shape index (κ3) is 2.87. The van der Waals surface area contributed by atoms with Gasteiger partial charge in [-0.15, -0.1) is 13.2 Å². The Morgan fingerprint density at radius 1 is 1.27 bits per heavy atom. The Morgan fingerprint density at radius 3 is 2.40 bits per heavy atom. The first kappa shape index (κ1) is 11.9. The van der Waals surface area contributed by atoms with E-state index in [0.29, 0.717) is 0 Å². The Kier molecular flexibility index (Phi) is 4.44. The summed E-state index contributed by atoms with van der Waals surface area (Å²) in [7, 11) is 0. The van der Waals surface area contributed by atoms with Crippen LogP contribution in [0.15, 0.2) is 43.5 Å². The lowest BCUT2D eigenvalue weighted by Crippen LogP contribution is -2.23. The van der Waals surface area contributed by atoms with Crippen molar-refractivity contribution < 1.29 is 0 Å². The standard InChI is InChI=1S/C13H16ClN/c1-4-9-15(10-5-2)13-8-6-7-12(14)11(13)3/h4-8H,1-2,9-10H2,3H3. The van der Waals surface area contributed by atoms with Crippen LogP contribution in [0.4, 0.5) is 5.69 Å². The zero-order chi connectivity index (χ0) is 11.3. The number of anilines is 1. The number of hydrogen-bond acceptors (Lipinski definition) is 1. The van der Waals surface area contributed by atoms with Gasteiger partial charge in [0.2, 0.25) is 0 Å². The molecule has 0 atom stereocenters. The van der Waals surface area contributed by atoms with Crippen molar-refractivity contribution in [3.63, 3.8) is 0 Å². The first-order chi connectivity index (χ1) is 7.20. The molecular formula is C13H16ClN. The van der Waals surface area contributed by atoms with Gasteiger partial charge < -0.3 is 4.90 Å². The molecule has 0 aliphatic rings. The molecule has 0 saturated carbocycles. The van der Waals surface area contributed by atoms with Crippen molar-refractivity contribution in [2.75, 3.05) is 18.0 Å². The van der Waals surface area contributed by atoms with Crippen LogP contribution < -0.4 is 4.90 Å². The normalized spacial score (nSPS) is 9.73. The van der Waals surface area contributed by atoms with Gasteiger partial charge in [-0.25, -0.2) is 0 Å². The highest BCUT2D eigenvalue weighted by Gasteiger charge is 2.07. The summed E-state index contributed by atoms with van der Waals surface area (Å²) < 4.78 is 0. The topological polar surface area (TPSA) is 3.24 Å². The minimum Gasteiger partial charge on any atom is -0.364 e. The lowest BCUT2D eigenvalue weighted by molar-refractivity contribution is 0.950. The predicted octanol–water partition coefficient (Wildman–Crippen LogP) is 3.83. The minimum atomic E-state index is 0.797. The van der Waals surface area contributed by atoms with Gasteiger partial charge in [-0.3, -0.25) is 0 Å². The van der Waals surface area contributed by atoms with Crippen molar-refractivity contribution in [1.82, 2.24) is 0 Å². The van der Waals surface area contributed by atoms with Crippen molar-refractivity contribution in [1.29, 1.82) is 0 Å². The number of nitrogens with zero attached hydrogens (tertiary/aromatic N) is 1. The second-order valence-electron chi connectivity index (χ2n) is 3.37. The van der Waals surface area contributed by atoms with Gasteiger partial charge in [0.15, 0.2) is 0 Å². The largest absolute Gasteiger partial charge is 0.364 e. The van der Waals surface area contributed by atoms with Crippen LogP contribution in [0.3, 0.4) is 0 Å². The molecule has 1 nitrogen and oxygen atoms in total. The molecule has 0 fully saturated rings. The molecule has 0 aromatic heterocycles. The maximum absolute atomic E-state index is 6.08. The monoisotopic (exact) mass is 221 g/mol. The Morgan fingerprint density at radius 2 is 1.87 bits per heavy atom. The molecule has 80 valence electrons. The summed E-state index contributed by atoms with van der Waals surface area (Å²) in [5.74, 6) is 0. The summed E-state index contributed by atoms with van der Waals surface area (Å²) in [4.78, 5) is 2.18. The van der Waals surface area contributed by atoms with E-state index in [0.717, 1.165) is 29.4 Å². The molecule has 0 N–H and O–H groups in total. The highest BCUT2D eigenvalue weighted by Crippen LogP contribution is 2.26. The van der Waals surface area contributed by atoms with Gasteiger partial charge in [-0.2, -0.15) is 0 Å². The number of halogens is 1. The average Bonchev–Trinajstić information content (AvgIpc) is 2.22. The van der Waals surface area contributed by atoms with E-state index in [1.54, 1.807) is 0 Å². The molecule has 0 bridgehead atoms. The predicted molar refractivity (Wildman–Crippen MR) is 68.8 cm³/mol. The van der Waals surface area contributed by atoms with Gasteiger partial charge in [-0.1, -0.05) is 29.8 Å². The van der Waals surface area contributed by atoms with Crippen LogP contribution in [0.2, 0.25) is 5.02 Å². The molecular weight excluding hydrogens is 206 g/mol. The van der Waals surface area contributed by atoms with E-state index in [1.807, 2.05) is 31.2 Å². The van der Waals surface area contributed by atoms with Crippen LogP contribution in [0.25, 0.3) is 0 Å². The molecule has 0 aliphatic heterocycles. The lowest BCUT2D eigenvalue weighted by atomic mass is 10.1. The molecule has 0 aliphatic carbocycles. The van der Waals surface area contributed by atoms with Gasteiger partial charge in [-0.05, 0) is 24.6 Å². The highest BCUT2D eigenvalue weighted by atomic mass is 35.5. The molecule has 0 unspecified atom stereocenters. The van der Waals surface area contributed by atoms with Crippen molar-refractivity contribution >= 4 is 17.3 Å². The van der Waals surface area contributed by atoms with E-state index in [-0.39, 0.29) is 0 Å². The summed E-state index contributed by atoms with van der Waals surface area (Å²) in [5, 5.41) is 0.797. The van der Waals surface area contributed by atoms with E-state index in [2.05, 4.69) is 24.1 Å². The molecule has 0 spiro atoms. The summed E-state index contributed by atoms with van der Waals surface area (Å²) >= 11 is 6.08. The number of hydrogen-bond donors (Lipinski definition) is 0. The van der Waals surface area contributed by atoms with E-state index >= 15 is 0 Å². The van der Waals surface area contributed by atoms with Crippen LogP contribution in [0.5, 0.6) is 0 Å². The van der Waals surface area contributed by atoms with Gasteiger partial charge in [0.25, 0.3) is 0 Å². The lowest BCUT2D eigenvalue weighted by Gasteiger charge is -2.24. The van der Waals surface area contributed by atoms with Gasteiger partial charge in [0, 0.05) is 23.8 Å².